The molecule has 6 nitrogen and oxygen atoms in total. The molecular weight excluding hydrogens is 351 g/mol. The predicted octanol–water partition coefficient (Wildman–Crippen LogP) is 2.45. The van der Waals surface area contributed by atoms with Crippen LogP contribution in [0.25, 0.3) is 11.5 Å². The van der Waals surface area contributed by atoms with Gasteiger partial charge in [-0.25, -0.2) is 4.39 Å². The van der Waals surface area contributed by atoms with Gasteiger partial charge in [-0.15, -0.1) is 0 Å². The molecule has 27 heavy (non-hydrogen) atoms. The van der Waals surface area contributed by atoms with Crippen LogP contribution in [-0.2, 0) is 9.53 Å². The van der Waals surface area contributed by atoms with E-state index in [1.165, 1.54) is 12.1 Å². The molecule has 2 aromatic rings. The van der Waals surface area contributed by atoms with E-state index in [0.717, 1.165) is 0 Å². The van der Waals surface area contributed by atoms with E-state index in [-0.39, 0.29) is 12.4 Å². The van der Waals surface area contributed by atoms with Crippen LogP contribution in [0.5, 0.6) is 11.5 Å². The van der Waals surface area contributed by atoms with Crippen molar-refractivity contribution in [2.45, 2.75) is 6.92 Å². The number of fused-ring (bicyclic) bond motifs is 1. The molecule has 142 valence electrons. The summed E-state index contributed by atoms with van der Waals surface area (Å²) < 4.78 is 30.6. The highest BCUT2D eigenvalue weighted by atomic mass is 19.1. The molecule has 3 rings (SSSR count). The molecule has 1 aliphatic heterocycles. The second-order valence-electron chi connectivity index (χ2n) is 5.92. The molecule has 0 bridgehead atoms. The van der Waals surface area contributed by atoms with Crippen LogP contribution in [0.4, 0.5) is 4.39 Å². The van der Waals surface area contributed by atoms with Gasteiger partial charge in [0.05, 0.1) is 5.70 Å². The van der Waals surface area contributed by atoms with Crippen molar-refractivity contribution in [2.75, 3.05) is 26.4 Å². The highest BCUT2D eigenvalue weighted by Crippen LogP contribution is 2.35. The Hall–Kier alpha value is -3.06. The summed E-state index contributed by atoms with van der Waals surface area (Å²) in [5.74, 6) is 1.27. The summed E-state index contributed by atoms with van der Waals surface area (Å²) in [6.45, 7) is 3.23. The molecule has 0 unspecified atom stereocenters. The fraction of sp³-hybridized carbons (Fsp3) is 0.250. The van der Waals surface area contributed by atoms with Crippen LogP contribution >= 0.6 is 0 Å². The van der Waals surface area contributed by atoms with Gasteiger partial charge in [0.15, 0.2) is 17.3 Å². The Morgan fingerprint density at radius 3 is 2.70 bits per heavy atom. The van der Waals surface area contributed by atoms with E-state index in [4.69, 9.17) is 19.9 Å². The molecule has 0 saturated heterocycles. The van der Waals surface area contributed by atoms with Crippen molar-refractivity contribution >= 4 is 17.9 Å². The first-order valence-electron chi connectivity index (χ1n) is 8.58. The molecule has 1 aliphatic rings. The molecule has 0 saturated carbocycles. The molecule has 0 atom stereocenters. The van der Waals surface area contributed by atoms with Crippen LogP contribution in [0.1, 0.15) is 16.7 Å². The number of halogens is 1. The maximum Gasteiger partial charge on any atom is 0.211 e. The van der Waals surface area contributed by atoms with Gasteiger partial charge in [-0.1, -0.05) is 0 Å². The Balaban J connectivity index is 2.15. The van der Waals surface area contributed by atoms with Crippen molar-refractivity contribution in [3.8, 4) is 11.5 Å². The number of rotatable bonds is 7. The molecule has 7 heteroatoms. The fourth-order valence-electron chi connectivity index (χ4n) is 2.87. The third-order valence-corrected chi connectivity index (χ3v) is 4.06. The number of ether oxygens (including phenoxy) is 3. The first kappa shape index (κ1) is 18.7. The van der Waals surface area contributed by atoms with Crippen molar-refractivity contribution < 1.29 is 23.4 Å². The first-order valence-corrected chi connectivity index (χ1v) is 8.58. The zero-order chi connectivity index (χ0) is 19.2. The quantitative estimate of drug-likeness (QED) is 0.443. The smallest absolute Gasteiger partial charge is 0.211 e. The minimum Gasteiger partial charge on any atom is -0.489 e. The Morgan fingerprint density at radius 1 is 1.22 bits per heavy atom. The van der Waals surface area contributed by atoms with Crippen LogP contribution in [0, 0.1) is 12.7 Å². The Labute approximate surface area is 156 Å². The number of nitrogens with one attached hydrogen (secondary N) is 1. The molecule has 0 radical (unpaired) electrons. The Kier molecular flexibility index (Phi) is 5.93. The van der Waals surface area contributed by atoms with Crippen LogP contribution in [0.2, 0.25) is 0 Å². The van der Waals surface area contributed by atoms with Gasteiger partial charge in [0.2, 0.25) is 6.41 Å². The topological polar surface area (TPSA) is 82.8 Å². The average Bonchev–Trinajstić information content (AvgIpc) is 2.68. The summed E-state index contributed by atoms with van der Waals surface area (Å²) >= 11 is 0. The van der Waals surface area contributed by atoms with E-state index in [1.807, 2.05) is 0 Å². The Bertz CT molecular complexity index is 867. The maximum absolute atomic E-state index is 13.5. The van der Waals surface area contributed by atoms with Gasteiger partial charge in [-0.2, -0.15) is 0 Å². The maximum atomic E-state index is 13.5. The number of hydrogen-bond donors (Lipinski definition) is 2. The lowest BCUT2D eigenvalue weighted by Crippen LogP contribution is -2.18. The van der Waals surface area contributed by atoms with E-state index in [0.29, 0.717) is 65.8 Å². The molecular formula is C20H21FN2O4. The predicted molar refractivity (Wildman–Crippen MR) is 99.6 cm³/mol. The molecule has 0 fully saturated rings. The highest BCUT2D eigenvalue weighted by Gasteiger charge is 2.19. The number of carbonyl (C=O) groups is 1. The molecule has 1 amide bonds. The number of amides is 1. The minimum absolute atomic E-state index is 0.237. The van der Waals surface area contributed by atoms with Gasteiger partial charge in [-0.05, 0) is 48.9 Å². The number of hydrogen-bond acceptors (Lipinski definition) is 5. The van der Waals surface area contributed by atoms with Crippen LogP contribution in [0.15, 0.2) is 36.4 Å². The van der Waals surface area contributed by atoms with Crippen molar-refractivity contribution in [3.05, 3.63) is 58.9 Å². The standard InChI is InChI=1S/C20H21FN2O4/c1-13-10-15(21)3-4-16(13)20(27-7-6-22)19(23-12-24)14-2-5-17-18(11-14)26-9-8-25-17/h2-5,10-12H,6-9,22H2,1H3,(H,23,24)/b20-19+. The average molecular weight is 372 g/mol. The minimum atomic E-state index is -0.348. The summed E-state index contributed by atoms with van der Waals surface area (Å²) in [4.78, 5) is 11.3. The molecule has 3 N–H and O–H groups in total. The number of nitrogens with two attached hydrogens (primary N) is 1. The highest BCUT2D eigenvalue weighted by molar-refractivity contribution is 5.91. The zero-order valence-electron chi connectivity index (χ0n) is 15.0. The monoisotopic (exact) mass is 372 g/mol. The van der Waals surface area contributed by atoms with E-state index in [1.54, 1.807) is 31.2 Å². The van der Waals surface area contributed by atoms with Crippen molar-refractivity contribution in [3.63, 3.8) is 0 Å². The second-order valence-corrected chi connectivity index (χ2v) is 5.92. The summed E-state index contributed by atoms with van der Waals surface area (Å²) in [6.07, 6.45) is 0.566. The van der Waals surface area contributed by atoms with Crippen molar-refractivity contribution in [1.29, 1.82) is 0 Å². The molecule has 0 aliphatic carbocycles. The van der Waals surface area contributed by atoms with Gasteiger partial charge in [0.25, 0.3) is 0 Å². The van der Waals surface area contributed by atoms with Crippen molar-refractivity contribution in [2.24, 2.45) is 5.73 Å². The van der Waals surface area contributed by atoms with Gasteiger partial charge in [0, 0.05) is 17.7 Å². The largest absolute Gasteiger partial charge is 0.489 e. The van der Waals surface area contributed by atoms with Gasteiger partial charge >= 0.3 is 0 Å². The van der Waals surface area contributed by atoms with E-state index in [2.05, 4.69) is 5.32 Å². The lowest BCUT2D eigenvalue weighted by molar-refractivity contribution is -0.108. The molecule has 2 aromatic carbocycles. The SMILES string of the molecule is Cc1cc(F)ccc1/C(OCCN)=C(\NC=O)c1ccc2c(c1)OCCO2. The zero-order valence-corrected chi connectivity index (χ0v) is 15.0. The normalized spacial score (nSPS) is 13.6. The van der Waals surface area contributed by atoms with Crippen LogP contribution < -0.4 is 20.5 Å². The van der Waals surface area contributed by atoms with Gasteiger partial charge in [0.1, 0.15) is 25.6 Å². The first-order chi connectivity index (χ1) is 13.1. The third-order valence-electron chi connectivity index (χ3n) is 4.06. The summed E-state index contributed by atoms with van der Waals surface area (Å²) in [7, 11) is 0. The van der Waals surface area contributed by atoms with E-state index < -0.39 is 0 Å². The van der Waals surface area contributed by atoms with E-state index in [9.17, 15) is 9.18 Å². The number of aryl methyl sites for hydroxylation is 1. The van der Waals surface area contributed by atoms with E-state index >= 15 is 0 Å². The van der Waals surface area contributed by atoms with Crippen LogP contribution in [0.3, 0.4) is 0 Å². The Morgan fingerprint density at radius 2 is 2.00 bits per heavy atom. The third kappa shape index (κ3) is 4.20. The second kappa shape index (κ2) is 8.55. The molecule has 0 aromatic heterocycles. The summed E-state index contributed by atoms with van der Waals surface area (Å²) in [5.41, 5.74) is 8.02. The fourth-order valence-corrected chi connectivity index (χ4v) is 2.87. The van der Waals surface area contributed by atoms with Crippen LogP contribution in [-0.4, -0.2) is 32.8 Å². The number of carbonyl (C=O) groups excluding carboxylic acids is 1. The van der Waals surface area contributed by atoms with Gasteiger partial charge in [-0.3, -0.25) is 4.79 Å². The van der Waals surface area contributed by atoms with Crippen molar-refractivity contribution in [1.82, 2.24) is 5.32 Å². The lowest BCUT2D eigenvalue weighted by atomic mass is 10.0. The molecule has 1 heterocycles. The van der Waals surface area contributed by atoms with Gasteiger partial charge < -0.3 is 25.3 Å². The summed E-state index contributed by atoms with van der Waals surface area (Å²) in [5, 5.41) is 2.70. The lowest BCUT2D eigenvalue weighted by Gasteiger charge is -2.21. The number of benzene rings is 2. The molecule has 0 spiro atoms. The summed E-state index contributed by atoms with van der Waals surface area (Å²) in [6, 6.07) is 9.70.